The molecule has 20 heavy (non-hydrogen) atoms. The van der Waals surface area contributed by atoms with E-state index in [4.69, 9.17) is 4.74 Å². The SMILES string of the molecule is C=C(C)COCCNC(CCCC)c1ccc(F)cc1. The Bertz CT molecular complexity index is 388. The molecule has 0 saturated heterocycles. The van der Waals surface area contributed by atoms with E-state index < -0.39 is 0 Å². The number of nitrogens with one attached hydrogen (secondary N) is 1. The number of benzene rings is 1. The van der Waals surface area contributed by atoms with Gasteiger partial charge in [0, 0.05) is 12.6 Å². The van der Waals surface area contributed by atoms with Crippen molar-refractivity contribution in [3.05, 3.63) is 47.8 Å². The molecule has 1 rings (SSSR count). The minimum absolute atomic E-state index is 0.187. The van der Waals surface area contributed by atoms with Gasteiger partial charge in [0.05, 0.1) is 13.2 Å². The van der Waals surface area contributed by atoms with Crippen molar-refractivity contribution in [1.29, 1.82) is 0 Å². The van der Waals surface area contributed by atoms with Gasteiger partial charge in [0.1, 0.15) is 5.82 Å². The van der Waals surface area contributed by atoms with Gasteiger partial charge in [-0.15, -0.1) is 0 Å². The summed E-state index contributed by atoms with van der Waals surface area (Å²) < 4.78 is 18.5. The molecule has 0 bridgehead atoms. The molecule has 0 radical (unpaired) electrons. The lowest BCUT2D eigenvalue weighted by Crippen LogP contribution is -2.25. The van der Waals surface area contributed by atoms with Crippen molar-refractivity contribution < 1.29 is 9.13 Å². The van der Waals surface area contributed by atoms with Crippen molar-refractivity contribution >= 4 is 0 Å². The second kappa shape index (κ2) is 9.67. The summed E-state index contributed by atoms with van der Waals surface area (Å²) in [6.07, 6.45) is 3.37. The van der Waals surface area contributed by atoms with Crippen LogP contribution in [0.3, 0.4) is 0 Å². The summed E-state index contributed by atoms with van der Waals surface area (Å²) in [5, 5.41) is 3.49. The van der Waals surface area contributed by atoms with Crippen molar-refractivity contribution in [3.63, 3.8) is 0 Å². The first-order chi connectivity index (χ1) is 9.63. The maximum Gasteiger partial charge on any atom is 0.123 e. The highest BCUT2D eigenvalue weighted by atomic mass is 19.1. The third-order valence-corrected chi connectivity index (χ3v) is 3.10. The van der Waals surface area contributed by atoms with E-state index in [0.717, 1.165) is 36.9 Å². The minimum Gasteiger partial charge on any atom is -0.376 e. The Morgan fingerprint density at radius 1 is 1.35 bits per heavy atom. The van der Waals surface area contributed by atoms with Crippen molar-refractivity contribution in [2.45, 2.75) is 39.2 Å². The van der Waals surface area contributed by atoms with Crippen LogP contribution in [0.1, 0.15) is 44.7 Å². The summed E-state index contributed by atoms with van der Waals surface area (Å²) in [5.41, 5.74) is 2.17. The normalized spacial score (nSPS) is 12.3. The molecule has 0 aliphatic carbocycles. The third kappa shape index (κ3) is 6.83. The van der Waals surface area contributed by atoms with E-state index in [2.05, 4.69) is 18.8 Å². The Morgan fingerprint density at radius 3 is 2.65 bits per heavy atom. The summed E-state index contributed by atoms with van der Waals surface area (Å²) in [6, 6.07) is 7.03. The van der Waals surface area contributed by atoms with Gasteiger partial charge in [-0.2, -0.15) is 0 Å². The van der Waals surface area contributed by atoms with Gasteiger partial charge < -0.3 is 10.1 Å². The Labute approximate surface area is 122 Å². The van der Waals surface area contributed by atoms with E-state index in [1.165, 1.54) is 12.1 Å². The molecule has 0 aliphatic heterocycles. The first-order valence-electron chi connectivity index (χ1n) is 7.34. The fourth-order valence-electron chi connectivity index (χ4n) is 2.04. The number of hydrogen-bond acceptors (Lipinski definition) is 2. The summed E-state index contributed by atoms with van der Waals surface area (Å²) >= 11 is 0. The third-order valence-electron chi connectivity index (χ3n) is 3.10. The molecular formula is C17H26FNO. The monoisotopic (exact) mass is 279 g/mol. The largest absolute Gasteiger partial charge is 0.376 e. The zero-order valence-electron chi connectivity index (χ0n) is 12.6. The molecule has 1 atom stereocenters. The van der Waals surface area contributed by atoms with Crippen LogP contribution < -0.4 is 5.32 Å². The molecule has 1 unspecified atom stereocenters. The first-order valence-corrected chi connectivity index (χ1v) is 7.34. The Morgan fingerprint density at radius 2 is 2.05 bits per heavy atom. The molecule has 0 aliphatic rings. The molecule has 1 N–H and O–H groups in total. The van der Waals surface area contributed by atoms with E-state index in [0.29, 0.717) is 13.2 Å². The highest BCUT2D eigenvalue weighted by Gasteiger charge is 2.10. The fraction of sp³-hybridized carbons (Fsp3) is 0.529. The Kier molecular flexibility index (Phi) is 8.16. The van der Waals surface area contributed by atoms with E-state index in [1.807, 2.05) is 19.1 Å². The maximum atomic E-state index is 13.0. The average molecular weight is 279 g/mol. The van der Waals surface area contributed by atoms with Crippen molar-refractivity contribution in [2.75, 3.05) is 19.8 Å². The first kappa shape index (κ1) is 16.9. The van der Waals surface area contributed by atoms with Crippen molar-refractivity contribution in [2.24, 2.45) is 0 Å². The number of ether oxygens (including phenoxy) is 1. The number of rotatable bonds is 10. The molecule has 0 spiro atoms. The topological polar surface area (TPSA) is 21.3 Å². The van der Waals surface area contributed by atoms with Gasteiger partial charge in [0.15, 0.2) is 0 Å². The summed E-state index contributed by atoms with van der Waals surface area (Å²) in [4.78, 5) is 0. The predicted octanol–water partition coefficient (Wildman–Crippen LogP) is 4.24. The van der Waals surface area contributed by atoms with Crippen LogP contribution in [0.2, 0.25) is 0 Å². The lowest BCUT2D eigenvalue weighted by Gasteiger charge is -2.19. The van der Waals surface area contributed by atoms with E-state index in [9.17, 15) is 4.39 Å². The molecule has 112 valence electrons. The second-order valence-corrected chi connectivity index (χ2v) is 5.21. The van der Waals surface area contributed by atoms with Gasteiger partial charge in [0.2, 0.25) is 0 Å². The maximum absolute atomic E-state index is 13.0. The zero-order valence-corrected chi connectivity index (χ0v) is 12.6. The van der Waals surface area contributed by atoms with Gasteiger partial charge in [0.25, 0.3) is 0 Å². The van der Waals surface area contributed by atoms with Crippen LogP contribution in [0.15, 0.2) is 36.4 Å². The summed E-state index contributed by atoms with van der Waals surface area (Å²) in [6.45, 7) is 10.00. The fourth-order valence-corrected chi connectivity index (χ4v) is 2.04. The number of halogens is 1. The van der Waals surface area contributed by atoms with Crippen molar-refractivity contribution in [3.8, 4) is 0 Å². The Balaban J connectivity index is 2.43. The van der Waals surface area contributed by atoms with Crippen LogP contribution >= 0.6 is 0 Å². The van der Waals surface area contributed by atoms with Crippen molar-refractivity contribution in [1.82, 2.24) is 5.32 Å². The molecular weight excluding hydrogens is 253 g/mol. The smallest absolute Gasteiger partial charge is 0.123 e. The predicted molar refractivity (Wildman–Crippen MR) is 82.3 cm³/mol. The molecule has 2 nitrogen and oxygen atoms in total. The van der Waals surface area contributed by atoms with E-state index in [-0.39, 0.29) is 11.9 Å². The quantitative estimate of drug-likeness (QED) is 0.511. The van der Waals surface area contributed by atoms with Crippen LogP contribution in [-0.4, -0.2) is 19.8 Å². The molecule has 0 fully saturated rings. The minimum atomic E-state index is -0.187. The molecule has 0 saturated carbocycles. The lowest BCUT2D eigenvalue weighted by atomic mass is 10.0. The van der Waals surface area contributed by atoms with Gasteiger partial charge in [-0.3, -0.25) is 0 Å². The van der Waals surface area contributed by atoms with E-state index in [1.54, 1.807) is 0 Å². The zero-order chi connectivity index (χ0) is 14.8. The van der Waals surface area contributed by atoms with E-state index >= 15 is 0 Å². The van der Waals surface area contributed by atoms with Gasteiger partial charge in [-0.05, 0) is 31.0 Å². The highest BCUT2D eigenvalue weighted by molar-refractivity contribution is 5.19. The van der Waals surface area contributed by atoms with Crippen LogP contribution in [0.25, 0.3) is 0 Å². The summed E-state index contributed by atoms with van der Waals surface area (Å²) in [5.74, 6) is -0.187. The van der Waals surface area contributed by atoms with Crippen LogP contribution in [0, 0.1) is 5.82 Å². The molecule has 0 amide bonds. The molecule has 1 aromatic carbocycles. The Hall–Kier alpha value is -1.19. The summed E-state index contributed by atoms with van der Waals surface area (Å²) in [7, 11) is 0. The average Bonchev–Trinajstić information content (AvgIpc) is 2.42. The van der Waals surface area contributed by atoms with Gasteiger partial charge in [-0.25, -0.2) is 4.39 Å². The highest BCUT2D eigenvalue weighted by Crippen LogP contribution is 2.19. The van der Waals surface area contributed by atoms with Gasteiger partial charge >= 0.3 is 0 Å². The lowest BCUT2D eigenvalue weighted by molar-refractivity contribution is 0.154. The molecule has 1 aromatic rings. The molecule has 0 aromatic heterocycles. The standard InChI is InChI=1S/C17H26FNO/c1-4-5-6-17(15-7-9-16(18)10-8-15)19-11-12-20-13-14(2)3/h7-10,17,19H,2,4-6,11-13H2,1,3H3. The second-order valence-electron chi connectivity index (χ2n) is 5.21. The van der Waals surface area contributed by atoms with Crippen LogP contribution in [0.4, 0.5) is 4.39 Å². The molecule has 0 heterocycles. The van der Waals surface area contributed by atoms with Gasteiger partial charge in [-0.1, -0.05) is 44.1 Å². The number of hydrogen-bond donors (Lipinski definition) is 1. The van der Waals surface area contributed by atoms with Crippen LogP contribution in [-0.2, 0) is 4.74 Å². The number of unbranched alkanes of at least 4 members (excludes halogenated alkanes) is 1. The van der Waals surface area contributed by atoms with Crippen LogP contribution in [0.5, 0.6) is 0 Å². The molecule has 3 heteroatoms.